The van der Waals surface area contributed by atoms with Crippen molar-refractivity contribution in [3.8, 4) is 22.3 Å². The Balaban J connectivity index is 0.000000195. The van der Waals surface area contributed by atoms with Crippen molar-refractivity contribution in [2.75, 3.05) is 0 Å². The zero-order valence-electron chi connectivity index (χ0n) is 25.5. The van der Waals surface area contributed by atoms with Gasteiger partial charge in [-0.25, -0.2) is 0 Å². The van der Waals surface area contributed by atoms with E-state index in [0.29, 0.717) is 5.92 Å². The fraction of sp³-hybridized carbons (Fsp3) is 0.211. The van der Waals surface area contributed by atoms with Crippen molar-refractivity contribution in [2.45, 2.75) is 53.1 Å². The summed E-state index contributed by atoms with van der Waals surface area (Å²) in [6.45, 7) is 13.2. The second-order valence-corrected chi connectivity index (χ2v) is 15.2. The average Bonchev–Trinajstić information content (AvgIpc) is 3.63. The molecule has 6 aromatic carbocycles. The molecule has 6 rings (SSSR count). The summed E-state index contributed by atoms with van der Waals surface area (Å²) in [6.07, 6.45) is 1.19. The van der Waals surface area contributed by atoms with Gasteiger partial charge in [-0.3, -0.25) is 0 Å². The van der Waals surface area contributed by atoms with E-state index in [9.17, 15) is 0 Å². The van der Waals surface area contributed by atoms with Gasteiger partial charge in [0.2, 0.25) is 0 Å². The number of aryl methyl sites for hydroxylation is 2. The van der Waals surface area contributed by atoms with Gasteiger partial charge in [0.05, 0.1) is 0 Å². The fourth-order valence-electron chi connectivity index (χ4n) is 5.11. The van der Waals surface area contributed by atoms with Crippen LogP contribution < -0.4 is 0 Å². The Labute approximate surface area is 274 Å². The van der Waals surface area contributed by atoms with Crippen LogP contribution in [0.2, 0.25) is 13.1 Å². The van der Waals surface area contributed by atoms with Crippen LogP contribution in [0, 0.1) is 13.8 Å². The quantitative estimate of drug-likeness (QED) is 0.128. The maximum atomic E-state index is 4.93. The number of hydrogen-bond acceptors (Lipinski definition) is 0. The van der Waals surface area contributed by atoms with Crippen molar-refractivity contribution in [3.63, 3.8) is 0 Å². The van der Waals surface area contributed by atoms with Crippen LogP contribution in [-0.2, 0) is 20.8 Å². The molecule has 0 saturated heterocycles. The van der Waals surface area contributed by atoms with Gasteiger partial charge in [0.25, 0.3) is 0 Å². The van der Waals surface area contributed by atoms with Crippen molar-refractivity contribution >= 4 is 48.1 Å². The van der Waals surface area contributed by atoms with Crippen molar-refractivity contribution in [1.29, 1.82) is 0 Å². The van der Waals surface area contributed by atoms with Gasteiger partial charge in [0.1, 0.15) is 0 Å². The first-order chi connectivity index (χ1) is 20.4. The van der Waals surface area contributed by atoms with Gasteiger partial charge in [0.15, 0.2) is 0 Å². The molecule has 0 N–H and O–H groups in total. The molecule has 0 heterocycles. The molecule has 0 spiro atoms. The third-order valence-corrected chi connectivity index (χ3v) is 7.37. The number of fused-ring (bicyclic) bond motifs is 2. The molecule has 0 aliphatic rings. The van der Waals surface area contributed by atoms with Gasteiger partial charge in [-0.05, 0) is 17.0 Å². The summed E-state index contributed by atoms with van der Waals surface area (Å²) < 4.78 is 0. The minimum absolute atomic E-state index is 0.635. The summed E-state index contributed by atoms with van der Waals surface area (Å²) in [5, 5.41) is 5.48. The molecule has 4 heteroatoms. The molecule has 0 bridgehead atoms. The molecule has 0 aliphatic heterocycles. The Bertz CT molecular complexity index is 1630. The first kappa shape index (κ1) is 34.3. The Morgan fingerprint density at radius 1 is 0.714 bits per heavy atom. The van der Waals surface area contributed by atoms with E-state index in [1.165, 1.54) is 66.9 Å². The third-order valence-electron chi connectivity index (χ3n) is 7.37. The second-order valence-electron chi connectivity index (χ2n) is 10.5. The monoisotopic (exact) mass is 684 g/mol. The van der Waals surface area contributed by atoms with Crippen LogP contribution in [0.15, 0.2) is 115 Å². The van der Waals surface area contributed by atoms with E-state index in [4.69, 9.17) is 17.0 Å². The Hall–Kier alpha value is -2.22. The maximum absolute atomic E-state index is 4.93. The summed E-state index contributed by atoms with van der Waals surface area (Å²) in [4.78, 5) is 0. The van der Waals surface area contributed by atoms with Crippen LogP contribution in [0.5, 0.6) is 0 Å². The number of halogens is 2. The Kier molecular flexibility index (Phi) is 14.5. The molecule has 42 heavy (non-hydrogen) atoms. The van der Waals surface area contributed by atoms with E-state index < -0.39 is 20.8 Å². The summed E-state index contributed by atoms with van der Waals surface area (Å²) in [7, 11) is 11.0. The first-order valence-electron chi connectivity index (χ1n) is 14.4. The predicted molar refractivity (Wildman–Crippen MR) is 187 cm³/mol. The van der Waals surface area contributed by atoms with Gasteiger partial charge < -0.3 is 0 Å². The van der Waals surface area contributed by atoms with E-state index in [0.717, 1.165) is 9.52 Å². The second kappa shape index (κ2) is 17.8. The Morgan fingerprint density at radius 3 is 1.81 bits per heavy atom. The topological polar surface area (TPSA) is 0 Å². The van der Waals surface area contributed by atoms with Crippen molar-refractivity contribution in [2.24, 2.45) is 0 Å². The van der Waals surface area contributed by atoms with Gasteiger partial charge >= 0.3 is 37.9 Å². The summed E-state index contributed by atoms with van der Waals surface area (Å²) >= 11 is -0.826. The molecule has 1 unspecified atom stereocenters. The minimum atomic E-state index is -0.826. The van der Waals surface area contributed by atoms with Crippen LogP contribution in [0.1, 0.15) is 42.9 Å². The van der Waals surface area contributed by atoms with E-state index >= 15 is 0 Å². The first-order valence-corrected chi connectivity index (χ1v) is 22.7. The molecule has 0 fully saturated rings. The predicted octanol–water partition coefficient (Wildman–Crippen LogP) is 12.7. The van der Waals surface area contributed by atoms with Gasteiger partial charge in [-0.15, -0.1) is 68.6 Å². The van der Waals surface area contributed by atoms with E-state index in [1.54, 1.807) is 0 Å². The van der Waals surface area contributed by atoms with Gasteiger partial charge in [0, 0.05) is 9.52 Å². The van der Waals surface area contributed by atoms with Gasteiger partial charge in [-0.2, -0.15) is 12.1 Å². The molecular weight excluding hydrogens is 647 g/mol. The van der Waals surface area contributed by atoms with E-state index in [1.807, 2.05) is 0 Å². The summed E-state index contributed by atoms with van der Waals surface area (Å²) in [5.74, 6) is 0.635. The van der Waals surface area contributed by atoms with Gasteiger partial charge in [-0.1, -0.05) is 131 Å². The molecule has 214 valence electrons. The molecule has 0 amide bonds. The number of hydrogen-bond donors (Lipinski definition) is 0. The summed E-state index contributed by atoms with van der Waals surface area (Å²) in [5.41, 5.74) is 9.42. The molecule has 6 aromatic rings. The van der Waals surface area contributed by atoms with Crippen LogP contribution in [0.3, 0.4) is 0 Å². The molecule has 1 atom stereocenters. The zero-order chi connectivity index (χ0) is 30.5. The molecule has 0 aliphatic carbocycles. The van der Waals surface area contributed by atoms with Crippen LogP contribution in [0.4, 0.5) is 0 Å². The molecule has 0 aromatic heterocycles. The SMILES string of the molecule is CCC(C)c1cc2c(-c3ccccc3)cccc2[cH-]1.C[Si]C.Cc1cc2c(-c3ccccc3)ccc(C)c2[cH-]1.[Cl][Zr+2][Cl]. The van der Waals surface area contributed by atoms with Crippen LogP contribution in [-0.4, -0.2) is 9.52 Å². The van der Waals surface area contributed by atoms with Crippen LogP contribution in [0.25, 0.3) is 43.8 Å². The third kappa shape index (κ3) is 9.14. The average molecular weight is 687 g/mol. The molecule has 2 radical (unpaired) electrons. The van der Waals surface area contributed by atoms with E-state index in [2.05, 4.69) is 156 Å². The van der Waals surface area contributed by atoms with Crippen molar-refractivity contribution in [3.05, 3.63) is 132 Å². The Morgan fingerprint density at radius 2 is 1.26 bits per heavy atom. The van der Waals surface area contributed by atoms with Crippen LogP contribution >= 0.6 is 17.0 Å². The standard InChI is InChI=1S/C19H19.C17H15.C2H6Si.2ClH.Zr/c1-3-14(2)17-12-16-10-7-11-18(19(16)13-17)15-8-5-4-6-9-15;1-12-10-16-13(2)8-9-15(17(16)11-12)14-6-4-3-5-7-14;1-3-2;;;/h4-14H,3H2,1-2H3;3-11H,1-2H3;1-2H3;2*1H;/q2*-1;;;;+4/p-2. The molecule has 0 saturated carbocycles. The molecular formula is C38H40Cl2SiZr. The van der Waals surface area contributed by atoms with E-state index in [-0.39, 0.29) is 0 Å². The summed E-state index contributed by atoms with van der Waals surface area (Å²) in [6, 6.07) is 41.5. The number of benzene rings is 4. The normalized spacial score (nSPS) is 10.9. The van der Waals surface area contributed by atoms with Crippen molar-refractivity contribution < 1.29 is 20.8 Å². The number of rotatable bonds is 4. The fourth-order valence-corrected chi connectivity index (χ4v) is 5.11. The van der Waals surface area contributed by atoms with Crippen molar-refractivity contribution in [1.82, 2.24) is 0 Å². The molecule has 0 nitrogen and oxygen atoms in total. The zero-order valence-corrected chi connectivity index (χ0v) is 30.5.